The predicted molar refractivity (Wildman–Crippen MR) is 63.8 cm³/mol. The fourth-order valence-electron chi connectivity index (χ4n) is 1.74. The summed E-state index contributed by atoms with van der Waals surface area (Å²) in [4.78, 5) is 4.13. The van der Waals surface area contributed by atoms with Crippen molar-refractivity contribution in [1.29, 1.82) is 0 Å². The Balaban J connectivity index is 2.22. The highest BCUT2D eigenvalue weighted by atomic mass is 19.1. The van der Waals surface area contributed by atoms with Gasteiger partial charge >= 0.3 is 0 Å². The predicted octanol–water partition coefficient (Wildman–Crippen LogP) is 3.22. The molecule has 0 bridgehead atoms. The van der Waals surface area contributed by atoms with Crippen LogP contribution in [0.15, 0.2) is 46.9 Å². The Hall–Kier alpha value is -2.36. The number of halogens is 1. The third kappa shape index (κ3) is 1.63. The Kier molecular flexibility index (Phi) is 2.08. The number of aromatic nitrogens is 1. The molecule has 2 aromatic heterocycles. The standard InChI is InChI=1S/C13H9FN2O/c14-9-4-1-3-8-7-11(17-13(8)9)10-5-2-6-12(15)16-10/h1-7H,(H2,15,16). The number of pyridine rings is 1. The van der Waals surface area contributed by atoms with E-state index in [1.165, 1.54) is 6.07 Å². The molecule has 0 radical (unpaired) electrons. The summed E-state index contributed by atoms with van der Waals surface area (Å²) < 4.78 is 18.9. The quantitative estimate of drug-likeness (QED) is 0.695. The molecular formula is C13H9FN2O. The Morgan fingerprint density at radius 2 is 1.94 bits per heavy atom. The summed E-state index contributed by atoms with van der Waals surface area (Å²) in [6.45, 7) is 0. The van der Waals surface area contributed by atoms with Crippen molar-refractivity contribution < 1.29 is 8.81 Å². The summed E-state index contributed by atoms with van der Waals surface area (Å²) in [5, 5.41) is 0.712. The highest BCUT2D eigenvalue weighted by molar-refractivity contribution is 5.82. The number of nitrogen functional groups attached to an aromatic ring is 1. The molecule has 0 saturated carbocycles. The molecule has 0 saturated heterocycles. The number of nitrogens with zero attached hydrogens (tertiary/aromatic N) is 1. The van der Waals surface area contributed by atoms with Crippen LogP contribution in [0.3, 0.4) is 0 Å². The molecule has 2 N–H and O–H groups in total. The van der Waals surface area contributed by atoms with E-state index in [2.05, 4.69) is 4.98 Å². The van der Waals surface area contributed by atoms with Gasteiger partial charge in [-0.25, -0.2) is 9.37 Å². The fourth-order valence-corrected chi connectivity index (χ4v) is 1.74. The van der Waals surface area contributed by atoms with Gasteiger partial charge in [0.1, 0.15) is 11.5 Å². The van der Waals surface area contributed by atoms with Crippen LogP contribution in [0, 0.1) is 5.82 Å². The number of rotatable bonds is 1. The van der Waals surface area contributed by atoms with Crippen molar-refractivity contribution in [3.63, 3.8) is 0 Å². The summed E-state index contributed by atoms with van der Waals surface area (Å²) in [7, 11) is 0. The zero-order valence-electron chi connectivity index (χ0n) is 8.85. The minimum atomic E-state index is -0.377. The van der Waals surface area contributed by atoms with Gasteiger partial charge in [-0.3, -0.25) is 0 Å². The van der Waals surface area contributed by atoms with E-state index in [0.717, 1.165) is 0 Å². The molecule has 1 aromatic carbocycles. The molecule has 3 rings (SSSR count). The molecule has 0 aliphatic carbocycles. The van der Waals surface area contributed by atoms with Crippen molar-refractivity contribution in [3.8, 4) is 11.5 Å². The third-order valence-corrected chi connectivity index (χ3v) is 2.52. The van der Waals surface area contributed by atoms with Crippen LogP contribution in [0.2, 0.25) is 0 Å². The molecule has 17 heavy (non-hydrogen) atoms. The number of fused-ring (bicyclic) bond motifs is 1. The van der Waals surface area contributed by atoms with E-state index >= 15 is 0 Å². The second kappa shape index (κ2) is 3.59. The topological polar surface area (TPSA) is 52.0 Å². The fraction of sp³-hybridized carbons (Fsp3) is 0. The molecule has 2 heterocycles. The van der Waals surface area contributed by atoms with Gasteiger partial charge in [0.25, 0.3) is 0 Å². The van der Waals surface area contributed by atoms with Gasteiger partial charge in [-0.15, -0.1) is 0 Å². The Morgan fingerprint density at radius 1 is 1.12 bits per heavy atom. The van der Waals surface area contributed by atoms with Crippen molar-refractivity contribution in [3.05, 3.63) is 48.3 Å². The lowest BCUT2D eigenvalue weighted by Gasteiger charge is -1.96. The molecular weight excluding hydrogens is 219 g/mol. The van der Waals surface area contributed by atoms with Gasteiger partial charge in [-0.2, -0.15) is 0 Å². The maximum absolute atomic E-state index is 13.5. The lowest BCUT2D eigenvalue weighted by atomic mass is 10.2. The first-order valence-corrected chi connectivity index (χ1v) is 5.15. The van der Waals surface area contributed by atoms with Gasteiger partial charge in [-0.05, 0) is 24.3 Å². The first-order chi connectivity index (χ1) is 8.24. The summed E-state index contributed by atoms with van der Waals surface area (Å²) in [5.41, 5.74) is 6.43. The van der Waals surface area contributed by atoms with E-state index in [-0.39, 0.29) is 11.4 Å². The number of para-hydroxylation sites is 1. The van der Waals surface area contributed by atoms with Crippen LogP contribution in [0.25, 0.3) is 22.4 Å². The molecule has 0 amide bonds. The molecule has 0 spiro atoms. The average Bonchev–Trinajstić information content (AvgIpc) is 2.74. The number of furan rings is 1. The van der Waals surface area contributed by atoms with Crippen molar-refractivity contribution in [1.82, 2.24) is 4.98 Å². The van der Waals surface area contributed by atoms with E-state index in [0.29, 0.717) is 22.7 Å². The summed E-state index contributed by atoms with van der Waals surface area (Å²) in [6, 6.07) is 11.8. The van der Waals surface area contributed by atoms with E-state index < -0.39 is 0 Å². The van der Waals surface area contributed by atoms with Gasteiger partial charge in [0.2, 0.25) is 0 Å². The van der Waals surface area contributed by atoms with Crippen LogP contribution < -0.4 is 5.73 Å². The molecule has 3 aromatic rings. The Morgan fingerprint density at radius 3 is 2.71 bits per heavy atom. The first kappa shape index (κ1) is 9.84. The zero-order valence-corrected chi connectivity index (χ0v) is 8.85. The average molecular weight is 228 g/mol. The Bertz CT molecular complexity index is 691. The largest absolute Gasteiger partial charge is 0.451 e. The molecule has 0 aliphatic rings. The summed E-state index contributed by atoms with van der Waals surface area (Å²) >= 11 is 0. The van der Waals surface area contributed by atoms with E-state index in [4.69, 9.17) is 10.2 Å². The van der Waals surface area contributed by atoms with Crippen LogP contribution in [0.4, 0.5) is 10.2 Å². The van der Waals surface area contributed by atoms with Crippen molar-refractivity contribution in [2.75, 3.05) is 5.73 Å². The summed E-state index contributed by atoms with van der Waals surface area (Å²) in [5.74, 6) is 0.540. The lowest BCUT2D eigenvalue weighted by Crippen LogP contribution is -1.90. The van der Waals surface area contributed by atoms with Crippen molar-refractivity contribution in [2.24, 2.45) is 0 Å². The molecule has 4 heteroatoms. The monoisotopic (exact) mass is 228 g/mol. The number of hydrogen-bond donors (Lipinski definition) is 1. The molecule has 84 valence electrons. The van der Waals surface area contributed by atoms with Gasteiger partial charge in [-0.1, -0.05) is 18.2 Å². The Labute approximate surface area is 96.7 Å². The highest BCUT2D eigenvalue weighted by Gasteiger charge is 2.10. The molecule has 3 nitrogen and oxygen atoms in total. The molecule has 0 unspecified atom stereocenters. The second-order valence-corrected chi connectivity index (χ2v) is 3.72. The minimum absolute atomic E-state index is 0.242. The lowest BCUT2D eigenvalue weighted by molar-refractivity contribution is 0.567. The smallest absolute Gasteiger partial charge is 0.170 e. The van der Waals surface area contributed by atoms with Crippen LogP contribution in [-0.4, -0.2) is 4.98 Å². The van der Waals surface area contributed by atoms with Gasteiger partial charge in [0.15, 0.2) is 17.2 Å². The molecule has 0 atom stereocenters. The highest BCUT2D eigenvalue weighted by Crippen LogP contribution is 2.28. The van der Waals surface area contributed by atoms with Crippen LogP contribution in [0.1, 0.15) is 0 Å². The zero-order chi connectivity index (χ0) is 11.8. The van der Waals surface area contributed by atoms with Gasteiger partial charge in [0.05, 0.1) is 0 Å². The number of benzene rings is 1. The van der Waals surface area contributed by atoms with Crippen LogP contribution in [-0.2, 0) is 0 Å². The van der Waals surface area contributed by atoms with Crippen LogP contribution >= 0.6 is 0 Å². The number of nitrogens with two attached hydrogens (primary N) is 1. The number of anilines is 1. The summed E-state index contributed by atoms with van der Waals surface area (Å²) in [6.07, 6.45) is 0. The minimum Gasteiger partial charge on any atom is -0.451 e. The van der Waals surface area contributed by atoms with Crippen LogP contribution in [0.5, 0.6) is 0 Å². The van der Waals surface area contributed by atoms with E-state index in [9.17, 15) is 4.39 Å². The van der Waals surface area contributed by atoms with Gasteiger partial charge in [0, 0.05) is 5.39 Å². The van der Waals surface area contributed by atoms with Gasteiger partial charge < -0.3 is 10.2 Å². The normalized spacial score (nSPS) is 10.9. The molecule has 0 aliphatic heterocycles. The molecule has 0 fully saturated rings. The SMILES string of the molecule is Nc1cccc(-c2cc3cccc(F)c3o2)n1. The third-order valence-electron chi connectivity index (χ3n) is 2.52. The van der Waals surface area contributed by atoms with E-state index in [1.807, 2.05) is 0 Å². The number of hydrogen-bond acceptors (Lipinski definition) is 3. The van der Waals surface area contributed by atoms with Crippen molar-refractivity contribution in [2.45, 2.75) is 0 Å². The maximum atomic E-state index is 13.5. The van der Waals surface area contributed by atoms with Crippen molar-refractivity contribution >= 4 is 16.8 Å². The maximum Gasteiger partial charge on any atom is 0.170 e. The first-order valence-electron chi connectivity index (χ1n) is 5.15. The second-order valence-electron chi connectivity index (χ2n) is 3.72. The van der Waals surface area contributed by atoms with E-state index in [1.54, 1.807) is 36.4 Å².